The number of thiophene rings is 1. The van der Waals surface area contributed by atoms with E-state index in [2.05, 4.69) is 109 Å². The molecule has 0 saturated heterocycles. The largest absolute Gasteiger partial charge is 0 e. The molecule has 7 aromatic rings. The molecule has 50 heavy (non-hydrogen) atoms. The molecule has 5 heteroatoms. The number of aromatic nitrogens is 2. The molecule has 0 aliphatic heterocycles. The molecule has 257 valence electrons. The van der Waals surface area contributed by atoms with E-state index in [4.69, 9.17) is 2.74 Å². The summed E-state index contributed by atoms with van der Waals surface area (Å²) >= 11 is 0.0635. The number of hydrogen-bond donors (Lipinski definition) is 0. The zero-order valence-electron chi connectivity index (χ0n) is 32.5. The van der Waals surface area contributed by atoms with Gasteiger partial charge in [-0.15, -0.1) is 23.8 Å². The van der Waals surface area contributed by atoms with Crippen molar-refractivity contribution in [1.29, 1.82) is 0 Å². The first-order valence-corrected chi connectivity index (χ1v) is 25.1. The number of pyridine rings is 2. The van der Waals surface area contributed by atoms with Crippen molar-refractivity contribution in [3.8, 4) is 33.6 Å². The van der Waals surface area contributed by atoms with Gasteiger partial charge in [0.1, 0.15) is 0 Å². The van der Waals surface area contributed by atoms with E-state index in [1.165, 1.54) is 52.4 Å². The smallest absolute Gasteiger partial charge is 0 e. The molecule has 0 aliphatic rings. The van der Waals surface area contributed by atoms with Gasteiger partial charge in [0, 0.05) is 33.7 Å². The van der Waals surface area contributed by atoms with Gasteiger partial charge < -0.3 is 4.98 Å². The van der Waals surface area contributed by atoms with E-state index in [0.717, 1.165) is 22.5 Å². The molecule has 0 atom stereocenters. The molecular formula is C45H46GeIrN2S-2. The zero-order valence-corrected chi connectivity index (χ0v) is 35.8. The second-order valence-electron chi connectivity index (χ2n) is 15.0. The topological polar surface area (TPSA) is 25.8 Å². The van der Waals surface area contributed by atoms with Gasteiger partial charge in [0.2, 0.25) is 0 Å². The van der Waals surface area contributed by atoms with E-state index in [-0.39, 0.29) is 20.1 Å². The van der Waals surface area contributed by atoms with Crippen molar-refractivity contribution in [2.75, 3.05) is 0 Å². The van der Waals surface area contributed by atoms with Crippen molar-refractivity contribution in [2.24, 2.45) is 5.41 Å². The van der Waals surface area contributed by atoms with Crippen LogP contribution in [-0.4, -0.2) is 23.2 Å². The van der Waals surface area contributed by atoms with Gasteiger partial charge in [0.05, 0.1) is 0 Å². The van der Waals surface area contributed by atoms with Crippen molar-refractivity contribution in [3.63, 3.8) is 0 Å². The molecule has 0 saturated carbocycles. The Bertz CT molecular complexity index is 2310. The summed E-state index contributed by atoms with van der Waals surface area (Å²) in [5.74, 6) is 7.14. The molecule has 0 amide bonds. The van der Waals surface area contributed by atoms with Crippen LogP contribution in [-0.2, 0) is 26.5 Å². The Morgan fingerprint density at radius 3 is 2.14 bits per heavy atom. The molecule has 0 bridgehead atoms. The van der Waals surface area contributed by atoms with Gasteiger partial charge in [-0.05, 0) is 88.8 Å². The minimum atomic E-state index is -1.72. The predicted molar refractivity (Wildman–Crippen MR) is 216 cm³/mol. The summed E-state index contributed by atoms with van der Waals surface area (Å²) in [7, 11) is 0. The first-order valence-electron chi connectivity index (χ1n) is 17.9. The Hall–Kier alpha value is -3.41. The van der Waals surface area contributed by atoms with Crippen LogP contribution >= 0.6 is 11.3 Å². The minimum Gasteiger partial charge on any atom is 0 e. The van der Waals surface area contributed by atoms with Crippen molar-refractivity contribution >= 4 is 49.2 Å². The fraction of sp³-hybridized carbons (Fsp3) is 0.244. The van der Waals surface area contributed by atoms with E-state index in [0.29, 0.717) is 5.56 Å². The second-order valence-corrected chi connectivity index (χ2v) is 26.7. The number of benzene rings is 4. The Kier molecular flexibility index (Phi) is 10.8. The summed E-state index contributed by atoms with van der Waals surface area (Å²) in [5.41, 5.74) is 10.3. The third-order valence-corrected chi connectivity index (χ3v) is 13.9. The Morgan fingerprint density at radius 1 is 0.760 bits per heavy atom. The van der Waals surface area contributed by atoms with E-state index < -0.39 is 25.1 Å². The van der Waals surface area contributed by atoms with Crippen LogP contribution in [0.25, 0.3) is 53.8 Å². The molecule has 4 aromatic carbocycles. The van der Waals surface area contributed by atoms with Crippen molar-refractivity contribution < 1.29 is 22.8 Å². The van der Waals surface area contributed by atoms with Crippen molar-refractivity contribution in [1.82, 2.24) is 9.97 Å². The van der Waals surface area contributed by atoms with E-state index in [1.807, 2.05) is 63.4 Å². The third-order valence-electron chi connectivity index (χ3n) is 8.54. The van der Waals surface area contributed by atoms with Gasteiger partial charge in [-0.1, -0.05) is 61.5 Å². The molecule has 0 spiro atoms. The predicted octanol–water partition coefficient (Wildman–Crippen LogP) is 12.2. The normalized spacial score (nSPS) is 12.5. The van der Waals surface area contributed by atoms with Gasteiger partial charge in [0.25, 0.3) is 0 Å². The maximum absolute atomic E-state index is 8.68. The fourth-order valence-corrected chi connectivity index (χ4v) is 9.52. The van der Waals surface area contributed by atoms with E-state index in [9.17, 15) is 0 Å². The Morgan fingerprint density at radius 2 is 1.50 bits per heavy atom. The summed E-state index contributed by atoms with van der Waals surface area (Å²) < 4.78 is 21.2. The van der Waals surface area contributed by atoms with Crippen LogP contribution in [0, 0.1) is 38.3 Å². The van der Waals surface area contributed by atoms with Gasteiger partial charge in [-0.25, -0.2) is 0 Å². The molecule has 0 aliphatic carbocycles. The van der Waals surface area contributed by atoms with Gasteiger partial charge >= 0.3 is 99.8 Å². The number of hydrogen-bond acceptors (Lipinski definition) is 3. The molecule has 3 heterocycles. The maximum Gasteiger partial charge on any atom is 0 e. The number of rotatable bonds is 5. The first kappa shape index (κ1) is 35.0. The molecule has 3 aromatic heterocycles. The number of fused-ring (bicyclic) bond motifs is 3. The number of nitrogens with zero attached hydrogens (tertiary/aromatic N) is 2. The van der Waals surface area contributed by atoms with Crippen molar-refractivity contribution in [2.45, 2.75) is 65.2 Å². The molecule has 1 radical (unpaired) electrons. The first-order chi connectivity index (χ1) is 24.0. The molecule has 0 N–H and O–H groups in total. The van der Waals surface area contributed by atoms with E-state index in [1.54, 1.807) is 23.6 Å². The van der Waals surface area contributed by atoms with Gasteiger partial charge in [0.15, 0.2) is 0 Å². The van der Waals surface area contributed by atoms with Crippen LogP contribution < -0.4 is 4.40 Å². The van der Waals surface area contributed by atoms with Crippen molar-refractivity contribution in [3.05, 3.63) is 138 Å². The molecule has 0 fully saturated rings. The minimum absolute atomic E-state index is 0. The van der Waals surface area contributed by atoms with Crippen LogP contribution in [0.15, 0.2) is 103 Å². The summed E-state index contributed by atoms with van der Waals surface area (Å²) in [6.07, 6.45) is 2.28. The summed E-state index contributed by atoms with van der Waals surface area (Å²) in [6.45, 7) is 12.3. The van der Waals surface area contributed by atoms with E-state index >= 15 is 0 Å². The Balaban J connectivity index is 0.000000258. The quantitative estimate of drug-likeness (QED) is 0.127. The standard InChI is InChI=1S/C31H30NS.C14H16GeN.Ir/c1-19-13-20(2)30(21(3)14-19)24-8-10-29-26(17-24)25-16-23(7-9-28(25)33-29)27-15-22(11-12-32-27)18-31(4,5)6;1-15(2,3)13-9-10-14(16-11-13)12-7-5-4-6-8-12;/h8-17H,18H2,1-6H3;4-7,9-11H,1-3H3;/q2*-1;/i18D2;;. The average Bonchev–Trinajstić information content (AvgIpc) is 3.45. The fourth-order valence-electron chi connectivity index (χ4n) is 6.30. The van der Waals surface area contributed by atoms with Crippen LogP contribution in [0.2, 0.25) is 17.3 Å². The van der Waals surface area contributed by atoms with Crippen LogP contribution in [0.5, 0.6) is 0 Å². The summed E-state index contributed by atoms with van der Waals surface area (Å²) in [5, 5.41) is 2.42. The number of aryl methyl sites for hydroxylation is 3. The second kappa shape index (κ2) is 15.5. The average molecular weight is 914 g/mol. The van der Waals surface area contributed by atoms with Crippen LogP contribution in [0.3, 0.4) is 0 Å². The summed E-state index contributed by atoms with van der Waals surface area (Å²) in [6, 6.07) is 38.0. The summed E-state index contributed by atoms with van der Waals surface area (Å²) in [4.78, 5) is 9.11. The molecule has 0 unspecified atom stereocenters. The van der Waals surface area contributed by atoms with Gasteiger partial charge in [-0.2, -0.15) is 11.3 Å². The molecular weight excluding hydrogens is 865 g/mol. The maximum atomic E-state index is 8.68. The molecule has 7 rings (SSSR count). The zero-order chi connectivity index (χ0) is 36.7. The monoisotopic (exact) mass is 915 g/mol. The van der Waals surface area contributed by atoms with Crippen LogP contribution in [0.4, 0.5) is 0 Å². The van der Waals surface area contributed by atoms with Gasteiger partial charge in [-0.3, -0.25) is 0 Å². The van der Waals surface area contributed by atoms with Crippen LogP contribution in [0.1, 0.15) is 45.8 Å². The molecule has 2 nitrogen and oxygen atoms in total. The SMILES string of the molecule is [2H]C([2H])(c1ccnc(-c2[c-]cc3sc4ccc(-c5c(C)cc(C)cc5C)cc4c3c2)c1)C(C)(C)C.[CH3][Ge]([CH3])([CH3])[c]1ccc(-c2[c-]cccc2)nc1.[Ir]. The Labute approximate surface area is 322 Å². The third kappa shape index (κ3) is 8.90.